The number of phenolic OH excluding ortho intramolecular Hbond substituents is 1. The fraction of sp³-hybridized carbons (Fsp3) is 0.111. The Labute approximate surface area is 151 Å². The minimum Gasteiger partial charge on any atom is -0.505 e. The van der Waals surface area contributed by atoms with Crippen molar-refractivity contribution in [1.82, 2.24) is 4.57 Å². The number of carboxylic acids is 1. The molecule has 5 nitrogen and oxygen atoms in total. The van der Waals surface area contributed by atoms with E-state index in [9.17, 15) is 23.5 Å². The summed E-state index contributed by atoms with van der Waals surface area (Å²) in [5.74, 6) is -4.37. The molecule has 0 amide bonds. The minimum absolute atomic E-state index is 0.0396. The van der Waals surface area contributed by atoms with Gasteiger partial charge in [-0.3, -0.25) is 14.2 Å². The van der Waals surface area contributed by atoms with E-state index in [0.29, 0.717) is 0 Å². The molecule has 0 bridgehead atoms. The molecule has 0 saturated carbocycles. The lowest BCUT2D eigenvalue weighted by atomic mass is 10.1. The van der Waals surface area contributed by atoms with Crippen molar-refractivity contribution in [2.45, 2.75) is 13.3 Å². The summed E-state index contributed by atoms with van der Waals surface area (Å²) < 4.78 is 29.2. The number of hydrogen-bond donors (Lipinski definition) is 2. The van der Waals surface area contributed by atoms with E-state index in [2.05, 4.69) is 0 Å². The van der Waals surface area contributed by atoms with Crippen LogP contribution in [0.1, 0.15) is 21.6 Å². The number of halogens is 3. The molecule has 2 N–H and O–H groups in total. The molecule has 134 valence electrons. The molecule has 2 aromatic carbocycles. The van der Waals surface area contributed by atoms with Gasteiger partial charge in [0.05, 0.1) is 17.0 Å². The number of phenols is 1. The van der Waals surface area contributed by atoms with Crippen LogP contribution in [0.4, 0.5) is 8.78 Å². The molecule has 0 aliphatic carbocycles. The number of hydrogen-bond acceptors (Lipinski definition) is 3. The van der Waals surface area contributed by atoms with Gasteiger partial charge in [0, 0.05) is 16.6 Å². The number of aromatic nitrogens is 1. The lowest BCUT2D eigenvalue weighted by Crippen LogP contribution is -2.14. The zero-order valence-electron chi connectivity index (χ0n) is 13.4. The highest BCUT2D eigenvalue weighted by atomic mass is 35.5. The van der Waals surface area contributed by atoms with Crippen molar-refractivity contribution in [1.29, 1.82) is 0 Å². The first-order valence-corrected chi connectivity index (χ1v) is 7.83. The van der Waals surface area contributed by atoms with E-state index in [1.807, 2.05) is 0 Å². The molecule has 0 atom stereocenters. The van der Waals surface area contributed by atoms with E-state index in [4.69, 9.17) is 16.7 Å². The number of aromatic hydroxyl groups is 1. The van der Waals surface area contributed by atoms with Gasteiger partial charge in [0.2, 0.25) is 0 Å². The summed E-state index contributed by atoms with van der Waals surface area (Å²) in [5.41, 5.74) is 0.285. The predicted octanol–water partition coefficient (Wildman–Crippen LogP) is 3.90. The first-order valence-electron chi connectivity index (χ1n) is 7.45. The first kappa shape index (κ1) is 17.9. The molecule has 0 radical (unpaired) electrons. The Kier molecular flexibility index (Phi) is 4.41. The molecule has 1 heterocycles. The molecule has 26 heavy (non-hydrogen) atoms. The Bertz CT molecular complexity index is 1070. The van der Waals surface area contributed by atoms with Gasteiger partial charge in [0.15, 0.2) is 11.6 Å². The number of carbonyl (C=O) groups is 2. The lowest BCUT2D eigenvalue weighted by molar-refractivity contribution is -0.136. The second kappa shape index (κ2) is 6.42. The van der Waals surface area contributed by atoms with Crippen molar-refractivity contribution in [3.05, 3.63) is 63.8 Å². The van der Waals surface area contributed by atoms with Crippen LogP contribution in [-0.4, -0.2) is 26.7 Å². The van der Waals surface area contributed by atoms with Gasteiger partial charge < -0.3 is 10.2 Å². The smallest absolute Gasteiger partial charge is 0.307 e. The topological polar surface area (TPSA) is 79.5 Å². The average molecular weight is 380 g/mol. The van der Waals surface area contributed by atoms with Gasteiger partial charge in [-0.2, -0.15) is 0 Å². The third-order valence-electron chi connectivity index (χ3n) is 4.11. The molecule has 3 aromatic rings. The average Bonchev–Trinajstić information content (AvgIpc) is 2.85. The summed E-state index contributed by atoms with van der Waals surface area (Å²) in [6, 6.07) is 5.84. The Balaban J connectivity index is 2.30. The molecular weight excluding hydrogens is 368 g/mol. The summed E-state index contributed by atoms with van der Waals surface area (Å²) >= 11 is 5.62. The van der Waals surface area contributed by atoms with Gasteiger partial charge in [-0.25, -0.2) is 8.78 Å². The van der Waals surface area contributed by atoms with Crippen LogP contribution in [0.15, 0.2) is 30.3 Å². The largest absolute Gasteiger partial charge is 0.505 e. The number of aliphatic carboxylic acids is 1. The highest BCUT2D eigenvalue weighted by Gasteiger charge is 2.25. The number of carbonyl (C=O) groups excluding carboxylic acids is 1. The fourth-order valence-corrected chi connectivity index (χ4v) is 3.03. The summed E-state index contributed by atoms with van der Waals surface area (Å²) in [7, 11) is 0. The number of nitrogens with zero attached hydrogens (tertiary/aromatic N) is 1. The predicted molar refractivity (Wildman–Crippen MR) is 90.8 cm³/mol. The molecule has 0 unspecified atom stereocenters. The molecule has 0 fully saturated rings. The van der Waals surface area contributed by atoms with Gasteiger partial charge in [-0.15, -0.1) is 0 Å². The molecule has 1 aromatic heterocycles. The van der Waals surface area contributed by atoms with Crippen molar-refractivity contribution < 1.29 is 28.6 Å². The third-order valence-corrected chi connectivity index (χ3v) is 4.42. The number of fused-ring (bicyclic) bond motifs is 1. The number of carboxylic acid groups (broad SMARTS) is 1. The number of rotatable bonds is 3. The van der Waals surface area contributed by atoms with Crippen molar-refractivity contribution >= 4 is 34.4 Å². The van der Waals surface area contributed by atoms with Crippen molar-refractivity contribution in [2.24, 2.45) is 0 Å². The van der Waals surface area contributed by atoms with Crippen LogP contribution in [0.2, 0.25) is 5.02 Å². The van der Waals surface area contributed by atoms with E-state index in [0.717, 1.165) is 16.7 Å². The fourth-order valence-electron chi connectivity index (χ4n) is 2.91. The normalized spacial score (nSPS) is 11.1. The SMILES string of the molecule is Cc1c(CC(=O)O)c2c(F)c(O)ccc2n1C(=O)c1ccc(Cl)c(F)c1. The second-order valence-electron chi connectivity index (χ2n) is 5.70. The summed E-state index contributed by atoms with van der Waals surface area (Å²) in [4.78, 5) is 24.0. The highest BCUT2D eigenvalue weighted by molar-refractivity contribution is 6.30. The van der Waals surface area contributed by atoms with Gasteiger partial charge in [-0.05, 0) is 42.8 Å². The molecule has 0 saturated heterocycles. The van der Waals surface area contributed by atoms with Crippen molar-refractivity contribution in [3.8, 4) is 5.75 Å². The second-order valence-corrected chi connectivity index (χ2v) is 6.10. The van der Waals surface area contributed by atoms with E-state index < -0.39 is 35.7 Å². The quantitative estimate of drug-likeness (QED) is 0.723. The van der Waals surface area contributed by atoms with Crippen LogP contribution >= 0.6 is 11.6 Å². The molecular formula is C18H12ClF2NO4. The standard InChI is InChI=1S/C18H12ClF2NO4/c1-8-10(7-15(24)25)16-13(4-5-14(23)17(16)21)22(8)18(26)9-2-3-11(19)12(20)6-9/h2-6,23H,7H2,1H3,(H,24,25). The lowest BCUT2D eigenvalue weighted by Gasteiger charge is -2.08. The molecule has 3 rings (SSSR count). The van der Waals surface area contributed by atoms with Crippen molar-refractivity contribution in [2.75, 3.05) is 0 Å². The number of benzene rings is 2. The van der Waals surface area contributed by atoms with E-state index in [-0.39, 0.29) is 32.7 Å². The summed E-state index contributed by atoms with van der Waals surface area (Å²) in [6.07, 6.45) is -0.544. The molecule has 0 aliphatic heterocycles. The van der Waals surface area contributed by atoms with Crippen LogP contribution < -0.4 is 0 Å². The highest BCUT2D eigenvalue weighted by Crippen LogP contribution is 2.33. The Hall–Kier alpha value is -2.93. The van der Waals surface area contributed by atoms with Gasteiger partial charge >= 0.3 is 5.97 Å². The maximum Gasteiger partial charge on any atom is 0.307 e. The van der Waals surface area contributed by atoms with E-state index in [1.165, 1.54) is 25.1 Å². The molecule has 8 heteroatoms. The van der Waals surface area contributed by atoms with Crippen LogP contribution in [0.5, 0.6) is 5.75 Å². The monoisotopic (exact) mass is 379 g/mol. The van der Waals surface area contributed by atoms with Gasteiger partial charge in [-0.1, -0.05) is 11.6 Å². The summed E-state index contributed by atoms with van der Waals surface area (Å²) in [6.45, 7) is 1.46. The Morgan fingerprint density at radius 2 is 1.88 bits per heavy atom. The van der Waals surface area contributed by atoms with Crippen LogP contribution in [-0.2, 0) is 11.2 Å². The van der Waals surface area contributed by atoms with Gasteiger partial charge in [0.1, 0.15) is 5.82 Å². The van der Waals surface area contributed by atoms with Crippen molar-refractivity contribution in [3.63, 3.8) is 0 Å². The van der Waals surface area contributed by atoms with Crippen LogP contribution in [0.25, 0.3) is 10.9 Å². The van der Waals surface area contributed by atoms with E-state index >= 15 is 0 Å². The third kappa shape index (κ3) is 2.80. The Morgan fingerprint density at radius 1 is 1.19 bits per heavy atom. The molecule has 0 spiro atoms. The Morgan fingerprint density at radius 3 is 2.50 bits per heavy atom. The maximum absolute atomic E-state index is 14.4. The van der Waals surface area contributed by atoms with Crippen LogP contribution in [0, 0.1) is 18.6 Å². The van der Waals surface area contributed by atoms with E-state index in [1.54, 1.807) is 0 Å². The zero-order chi connectivity index (χ0) is 19.2. The maximum atomic E-state index is 14.4. The van der Waals surface area contributed by atoms with Crippen LogP contribution in [0.3, 0.4) is 0 Å². The molecule has 0 aliphatic rings. The zero-order valence-corrected chi connectivity index (χ0v) is 14.1. The van der Waals surface area contributed by atoms with Gasteiger partial charge in [0.25, 0.3) is 5.91 Å². The minimum atomic E-state index is -1.22. The summed E-state index contributed by atoms with van der Waals surface area (Å²) in [5, 5.41) is 18.4. The first-order chi connectivity index (χ1) is 12.2.